The third kappa shape index (κ3) is 4.29. The summed E-state index contributed by atoms with van der Waals surface area (Å²) in [6.45, 7) is 9.39. The quantitative estimate of drug-likeness (QED) is 0.662. The van der Waals surface area contributed by atoms with Crippen LogP contribution < -0.4 is 10.6 Å². The van der Waals surface area contributed by atoms with Crippen molar-refractivity contribution in [3.05, 3.63) is 41.6 Å². The number of β-amino-alcohol motifs (C(OH)–C–C–N with tert-alkyl or cyclic N) is 1. The first-order chi connectivity index (χ1) is 15.3. The summed E-state index contributed by atoms with van der Waals surface area (Å²) < 4.78 is 1.94. The van der Waals surface area contributed by atoms with Gasteiger partial charge in [-0.2, -0.15) is 5.10 Å². The zero-order valence-electron chi connectivity index (χ0n) is 19.2. The molecule has 1 saturated heterocycles. The van der Waals surface area contributed by atoms with Crippen LogP contribution in [0.25, 0.3) is 11.3 Å². The third-order valence-corrected chi connectivity index (χ3v) is 6.81. The Morgan fingerprint density at radius 2 is 2.00 bits per heavy atom. The maximum atomic E-state index is 13.1. The molecule has 0 aliphatic carbocycles. The lowest BCUT2D eigenvalue weighted by atomic mass is 9.96. The van der Waals surface area contributed by atoms with E-state index in [1.165, 1.54) is 0 Å². The second kappa shape index (κ2) is 9.03. The Morgan fingerprint density at radius 3 is 2.75 bits per heavy atom. The SMILES string of the molecule is CC(NC(=O)C1CC(O)CN1C(=O)C(C)C(C)C)c1ccc2c(c1)CNCn1nccc1-2. The van der Waals surface area contributed by atoms with E-state index in [0.29, 0.717) is 6.67 Å². The number of carbonyl (C=O) groups excluding carboxylic acids is 2. The van der Waals surface area contributed by atoms with E-state index in [1.54, 1.807) is 11.1 Å². The molecule has 172 valence electrons. The molecule has 1 aromatic heterocycles. The molecule has 0 spiro atoms. The van der Waals surface area contributed by atoms with Crippen LogP contribution in [0.2, 0.25) is 0 Å². The van der Waals surface area contributed by atoms with Crippen LogP contribution in [0.3, 0.4) is 0 Å². The van der Waals surface area contributed by atoms with E-state index in [-0.39, 0.29) is 42.7 Å². The summed E-state index contributed by atoms with van der Waals surface area (Å²) in [4.78, 5) is 27.6. The van der Waals surface area contributed by atoms with Crippen LogP contribution in [0.5, 0.6) is 0 Å². The molecule has 8 nitrogen and oxygen atoms in total. The van der Waals surface area contributed by atoms with Crippen LogP contribution in [0, 0.1) is 11.8 Å². The topological polar surface area (TPSA) is 99.5 Å². The number of hydrogen-bond acceptors (Lipinski definition) is 5. The number of fused-ring (bicyclic) bond motifs is 3. The highest BCUT2D eigenvalue weighted by Gasteiger charge is 2.41. The Bertz CT molecular complexity index is 1000. The maximum absolute atomic E-state index is 13.1. The van der Waals surface area contributed by atoms with Gasteiger partial charge in [0, 0.05) is 37.2 Å². The predicted octanol–water partition coefficient (Wildman–Crippen LogP) is 2.04. The third-order valence-electron chi connectivity index (χ3n) is 6.81. The minimum absolute atomic E-state index is 0.0722. The van der Waals surface area contributed by atoms with Crippen molar-refractivity contribution in [1.82, 2.24) is 25.3 Å². The Labute approximate surface area is 189 Å². The molecule has 32 heavy (non-hydrogen) atoms. The van der Waals surface area contributed by atoms with Crippen molar-refractivity contribution in [3.8, 4) is 11.3 Å². The normalized spacial score (nSPS) is 22.1. The van der Waals surface area contributed by atoms with Crippen LogP contribution in [0.4, 0.5) is 0 Å². The van der Waals surface area contributed by atoms with Crippen molar-refractivity contribution in [2.45, 2.75) is 65.5 Å². The average Bonchev–Trinajstić information content (AvgIpc) is 3.35. The van der Waals surface area contributed by atoms with Crippen LogP contribution in [-0.4, -0.2) is 50.3 Å². The van der Waals surface area contributed by atoms with Gasteiger partial charge in [0.1, 0.15) is 6.04 Å². The molecule has 2 aromatic rings. The number of benzene rings is 1. The molecule has 3 heterocycles. The van der Waals surface area contributed by atoms with Gasteiger partial charge in [0.2, 0.25) is 11.8 Å². The van der Waals surface area contributed by atoms with E-state index in [9.17, 15) is 14.7 Å². The molecule has 4 atom stereocenters. The summed E-state index contributed by atoms with van der Waals surface area (Å²) >= 11 is 0. The van der Waals surface area contributed by atoms with Gasteiger partial charge >= 0.3 is 0 Å². The van der Waals surface area contributed by atoms with Crippen LogP contribution >= 0.6 is 0 Å². The second-order valence-corrected chi connectivity index (χ2v) is 9.38. The molecule has 4 unspecified atom stereocenters. The molecular weight excluding hydrogens is 406 g/mol. The lowest BCUT2D eigenvalue weighted by Gasteiger charge is -2.29. The van der Waals surface area contributed by atoms with Crippen molar-refractivity contribution in [1.29, 1.82) is 0 Å². The number of carbonyl (C=O) groups is 2. The number of aromatic nitrogens is 2. The number of hydrogen-bond donors (Lipinski definition) is 3. The first kappa shape index (κ1) is 22.5. The fourth-order valence-corrected chi connectivity index (χ4v) is 4.51. The van der Waals surface area contributed by atoms with Gasteiger partial charge in [-0.1, -0.05) is 39.0 Å². The van der Waals surface area contributed by atoms with Gasteiger partial charge in [-0.05, 0) is 30.0 Å². The number of amides is 2. The maximum Gasteiger partial charge on any atom is 0.243 e. The highest BCUT2D eigenvalue weighted by Crippen LogP contribution is 2.29. The average molecular weight is 440 g/mol. The molecular formula is C24H33N5O3. The summed E-state index contributed by atoms with van der Waals surface area (Å²) in [7, 11) is 0. The number of aliphatic hydroxyl groups is 1. The van der Waals surface area contributed by atoms with Crippen molar-refractivity contribution in [2.75, 3.05) is 6.54 Å². The zero-order valence-corrected chi connectivity index (χ0v) is 19.2. The van der Waals surface area contributed by atoms with E-state index in [4.69, 9.17) is 0 Å². The van der Waals surface area contributed by atoms with Gasteiger partial charge in [-0.15, -0.1) is 0 Å². The largest absolute Gasteiger partial charge is 0.391 e. The fraction of sp³-hybridized carbons (Fsp3) is 0.542. The summed E-state index contributed by atoms with van der Waals surface area (Å²) in [6.07, 6.45) is 1.40. The number of aliphatic hydroxyl groups excluding tert-OH is 1. The molecule has 2 amide bonds. The van der Waals surface area contributed by atoms with Gasteiger partial charge in [0.05, 0.1) is 24.5 Å². The highest BCUT2D eigenvalue weighted by atomic mass is 16.3. The Hall–Kier alpha value is -2.71. The van der Waals surface area contributed by atoms with Crippen LogP contribution in [-0.2, 0) is 22.8 Å². The van der Waals surface area contributed by atoms with E-state index in [2.05, 4.69) is 27.9 Å². The Kier molecular flexibility index (Phi) is 6.35. The van der Waals surface area contributed by atoms with E-state index >= 15 is 0 Å². The lowest BCUT2D eigenvalue weighted by Crippen LogP contribution is -2.48. The second-order valence-electron chi connectivity index (χ2n) is 9.38. The predicted molar refractivity (Wildman–Crippen MR) is 121 cm³/mol. The number of rotatable bonds is 5. The number of likely N-dealkylation sites (tertiary alicyclic amines) is 1. The van der Waals surface area contributed by atoms with E-state index in [1.807, 2.05) is 44.5 Å². The van der Waals surface area contributed by atoms with Gasteiger partial charge in [0.25, 0.3) is 0 Å². The monoisotopic (exact) mass is 439 g/mol. The fourth-order valence-electron chi connectivity index (χ4n) is 4.51. The van der Waals surface area contributed by atoms with Crippen LogP contribution in [0.1, 0.15) is 51.3 Å². The summed E-state index contributed by atoms with van der Waals surface area (Å²) in [5.74, 6) is -0.313. The molecule has 3 N–H and O–H groups in total. The molecule has 4 rings (SSSR count). The zero-order chi connectivity index (χ0) is 23.0. The smallest absolute Gasteiger partial charge is 0.243 e. The number of nitrogens with zero attached hydrogens (tertiary/aromatic N) is 3. The summed E-state index contributed by atoms with van der Waals surface area (Å²) in [6, 6.07) is 7.36. The van der Waals surface area contributed by atoms with Crippen LogP contribution in [0.15, 0.2) is 30.5 Å². The molecule has 0 radical (unpaired) electrons. The summed E-state index contributed by atoms with van der Waals surface area (Å²) in [5.41, 5.74) is 4.36. The van der Waals surface area contributed by atoms with E-state index < -0.39 is 12.1 Å². The van der Waals surface area contributed by atoms with E-state index in [0.717, 1.165) is 28.9 Å². The minimum atomic E-state index is -0.673. The molecule has 0 saturated carbocycles. The first-order valence-corrected chi connectivity index (χ1v) is 11.4. The standard InChI is InChI=1S/C24H33N5O3/c1-14(2)15(3)24(32)28-12-19(30)10-22(28)23(31)27-16(4)17-5-6-20-18(9-17)11-25-13-29-21(20)7-8-26-29/h5-9,14-16,19,22,25,30H,10-13H2,1-4H3,(H,27,31). The van der Waals surface area contributed by atoms with Gasteiger partial charge in [0.15, 0.2) is 0 Å². The van der Waals surface area contributed by atoms with Crippen molar-refractivity contribution < 1.29 is 14.7 Å². The molecule has 1 aromatic carbocycles. The van der Waals surface area contributed by atoms with Crippen molar-refractivity contribution in [3.63, 3.8) is 0 Å². The van der Waals surface area contributed by atoms with Gasteiger partial charge in [-0.3, -0.25) is 19.6 Å². The van der Waals surface area contributed by atoms with Crippen molar-refractivity contribution in [2.24, 2.45) is 11.8 Å². The molecule has 2 aliphatic rings. The van der Waals surface area contributed by atoms with Gasteiger partial charge in [-0.25, -0.2) is 0 Å². The molecule has 1 fully saturated rings. The summed E-state index contributed by atoms with van der Waals surface area (Å²) in [5, 5.41) is 21.0. The minimum Gasteiger partial charge on any atom is -0.391 e. The first-order valence-electron chi connectivity index (χ1n) is 11.4. The van der Waals surface area contributed by atoms with Gasteiger partial charge < -0.3 is 15.3 Å². The number of nitrogens with one attached hydrogen (secondary N) is 2. The molecule has 8 heteroatoms. The molecule has 2 aliphatic heterocycles. The van der Waals surface area contributed by atoms with Crippen molar-refractivity contribution >= 4 is 11.8 Å². The lowest BCUT2D eigenvalue weighted by molar-refractivity contribution is -0.142. The Balaban J connectivity index is 1.49. The Morgan fingerprint density at radius 1 is 1.22 bits per heavy atom. The molecule has 0 bridgehead atoms. The highest BCUT2D eigenvalue weighted by molar-refractivity contribution is 5.89.